The second kappa shape index (κ2) is 15.1. The molecule has 0 aliphatic carbocycles. The van der Waals surface area contributed by atoms with Crippen LogP contribution in [0, 0.1) is 5.92 Å². The molecule has 0 heterocycles. The van der Waals surface area contributed by atoms with Crippen molar-refractivity contribution < 1.29 is 54.9 Å². The van der Waals surface area contributed by atoms with Gasteiger partial charge in [0.25, 0.3) is 0 Å². The van der Waals surface area contributed by atoms with Gasteiger partial charge in [0.15, 0.2) is 6.10 Å². The van der Waals surface area contributed by atoms with Gasteiger partial charge in [0, 0.05) is 32.5 Å². The molecule has 0 bridgehead atoms. The molecule has 1 unspecified atom stereocenters. The van der Waals surface area contributed by atoms with Crippen LogP contribution in [0.15, 0.2) is 24.3 Å². The molecule has 0 aliphatic heterocycles. The molecule has 0 aliphatic rings. The summed E-state index contributed by atoms with van der Waals surface area (Å²) in [5.74, 6) is -12.0. The number of ether oxygens (including phenoxy) is 2. The van der Waals surface area contributed by atoms with Crippen molar-refractivity contribution in [2.45, 2.75) is 70.6 Å². The Morgan fingerprint density at radius 3 is 2.13 bits per heavy atom. The average molecular weight is 577 g/mol. The SMILES string of the molecule is CCOC(Cc1ccc(OCCN(CCCCC(F)(F)C(F)(F)C(F)(F)F)C(=O)NCC(C)C)cc1)C(=O)O. The molecule has 0 saturated heterocycles. The molecule has 0 radical (unpaired) electrons. The number of alkyl halides is 7. The molecule has 2 N–H and O–H groups in total. The number of carboxylic acids is 1. The lowest BCUT2D eigenvalue weighted by Gasteiger charge is -2.28. The number of rotatable bonds is 17. The van der Waals surface area contributed by atoms with E-state index >= 15 is 0 Å². The number of unbranched alkanes of at least 4 members (excludes halogenated alkanes) is 1. The number of benzene rings is 1. The summed E-state index contributed by atoms with van der Waals surface area (Å²) in [6.07, 6.45) is -9.85. The van der Waals surface area contributed by atoms with Gasteiger partial charge in [-0.3, -0.25) is 0 Å². The Morgan fingerprint density at radius 1 is 1.00 bits per heavy atom. The smallest absolute Gasteiger partial charge is 0.459 e. The van der Waals surface area contributed by atoms with Crippen molar-refractivity contribution in [3.63, 3.8) is 0 Å². The van der Waals surface area contributed by atoms with E-state index in [9.17, 15) is 45.4 Å². The lowest BCUT2D eigenvalue weighted by Crippen LogP contribution is -2.51. The van der Waals surface area contributed by atoms with Crippen molar-refractivity contribution in [2.75, 3.05) is 32.8 Å². The lowest BCUT2D eigenvalue weighted by atomic mass is 10.0. The maximum atomic E-state index is 13.5. The van der Waals surface area contributed by atoms with Gasteiger partial charge >= 0.3 is 30.0 Å². The Kier molecular flexibility index (Phi) is 13.3. The summed E-state index contributed by atoms with van der Waals surface area (Å²) >= 11 is 0. The number of carbonyl (C=O) groups is 2. The number of carboxylic acid groups (broad SMARTS) is 1. The first kappa shape index (κ1) is 34.3. The standard InChI is InChI=1S/C25H35F7N2O5/c1-4-38-20(21(35)36)15-18-7-9-19(10-8-18)39-14-13-34(22(37)33-16-17(2)3)12-6-5-11-23(26,27)24(28,29)25(30,31)32/h7-10,17,20H,4-6,11-16H2,1-3H3,(H,33,37)(H,35,36). The predicted molar refractivity (Wildman–Crippen MR) is 128 cm³/mol. The largest absolute Gasteiger partial charge is 0.492 e. The van der Waals surface area contributed by atoms with Crippen molar-refractivity contribution in [1.29, 1.82) is 0 Å². The highest BCUT2D eigenvalue weighted by atomic mass is 19.4. The van der Waals surface area contributed by atoms with Gasteiger partial charge in [-0.15, -0.1) is 0 Å². The van der Waals surface area contributed by atoms with Crippen molar-refractivity contribution >= 4 is 12.0 Å². The number of amides is 2. The maximum Gasteiger partial charge on any atom is 0.459 e. The molecule has 2 amide bonds. The van der Waals surface area contributed by atoms with E-state index in [2.05, 4.69) is 5.32 Å². The Morgan fingerprint density at radius 2 is 1.62 bits per heavy atom. The van der Waals surface area contributed by atoms with Crippen LogP contribution in [-0.4, -0.2) is 79.0 Å². The topological polar surface area (TPSA) is 88.1 Å². The fourth-order valence-corrected chi connectivity index (χ4v) is 3.36. The second-order valence-corrected chi connectivity index (χ2v) is 9.28. The second-order valence-electron chi connectivity index (χ2n) is 9.28. The Labute approximate surface area is 222 Å². The van der Waals surface area contributed by atoms with E-state index in [0.29, 0.717) is 17.9 Å². The zero-order valence-electron chi connectivity index (χ0n) is 22.0. The number of aliphatic carboxylic acids is 1. The molecule has 0 saturated carbocycles. The summed E-state index contributed by atoms with van der Waals surface area (Å²) in [5.41, 5.74) is 0.686. The number of nitrogens with zero attached hydrogens (tertiary/aromatic N) is 1. The van der Waals surface area contributed by atoms with Gasteiger partial charge in [-0.1, -0.05) is 26.0 Å². The molecule has 224 valence electrons. The number of carbonyl (C=O) groups excluding carboxylic acids is 1. The van der Waals surface area contributed by atoms with Crippen LogP contribution in [0.1, 0.15) is 45.6 Å². The molecular weight excluding hydrogens is 541 g/mol. The molecule has 1 aromatic rings. The minimum atomic E-state index is -6.38. The fraction of sp³-hybridized carbons (Fsp3) is 0.680. The van der Waals surface area contributed by atoms with Crippen LogP contribution in [0.2, 0.25) is 0 Å². The molecule has 0 aromatic heterocycles. The first-order chi connectivity index (χ1) is 18.0. The number of hydrogen-bond donors (Lipinski definition) is 2. The van der Waals surface area contributed by atoms with Crippen molar-refractivity contribution in [1.82, 2.24) is 10.2 Å². The quantitative estimate of drug-likeness (QED) is 0.182. The number of halogens is 7. The van der Waals surface area contributed by atoms with Crippen LogP contribution in [0.4, 0.5) is 35.5 Å². The van der Waals surface area contributed by atoms with E-state index in [1.165, 1.54) is 4.90 Å². The molecule has 0 spiro atoms. The third-order valence-electron chi connectivity index (χ3n) is 5.55. The highest BCUT2D eigenvalue weighted by Gasteiger charge is 2.72. The van der Waals surface area contributed by atoms with E-state index in [4.69, 9.17) is 9.47 Å². The highest BCUT2D eigenvalue weighted by molar-refractivity contribution is 5.74. The summed E-state index contributed by atoms with van der Waals surface area (Å²) < 4.78 is 101. The predicted octanol–water partition coefficient (Wildman–Crippen LogP) is 5.77. The van der Waals surface area contributed by atoms with Gasteiger partial charge in [-0.05, 0) is 43.4 Å². The zero-order chi connectivity index (χ0) is 29.9. The summed E-state index contributed by atoms with van der Waals surface area (Å²) in [7, 11) is 0. The molecule has 7 nitrogen and oxygen atoms in total. The lowest BCUT2D eigenvalue weighted by molar-refractivity contribution is -0.355. The van der Waals surface area contributed by atoms with E-state index < -0.39 is 49.0 Å². The summed E-state index contributed by atoms with van der Waals surface area (Å²) in [4.78, 5) is 24.9. The van der Waals surface area contributed by atoms with Gasteiger partial charge < -0.3 is 24.8 Å². The number of nitrogens with one attached hydrogen (secondary N) is 1. The van der Waals surface area contributed by atoms with Crippen LogP contribution in [0.25, 0.3) is 0 Å². The van der Waals surface area contributed by atoms with Crippen molar-refractivity contribution in [3.8, 4) is 5.75 Å². The van der Waals surface area contributed by atoms with Gasteiger partial charge in [0.05, 0.1) is 6.54 Å². The number of urea groups is 1. The van der Waals surface area contributed by atoms with Crippen molar-refractivity contribution in [2.24, 2.45) is 5.92 Å². The first-order valence-corrected chi connectivity index (χ1v) is 12.4. The van der Waals surface area contributed by atoms with E-state index in [-0.39, 0.29) is 45.1 Å². The third kappa shape index (κ3) is 11.1. The van der Waals surface area contributed by atoms with Crippen LogP contribution in [0.3, 0.4) is 0 Å². The molecule has 1 aromatic carbocycles. The van der Waals surface area contributed by atoms with Crippen LogP contribution >= 0.6 is 0 Å². The van der Waals surface area contributed by atoms with Crippen molar-refractivity contribution in [3.05, 3.63) is 29.8 Å². The van der Waals surface area contributed by atoms with E-state index in [0.717, 1.165) is 0 Å². The molecule has 1 rings (SSSR count). The number of hydrogen-bond acceptors (Lipinski definition) is 4. The highest BCUT2D eigenvalue weighted by Crippen LogP contribution is 2.48. The molecule has 1 atom stereocenters. The average Bonchev–Trinajstić information content (AvgIpc) is 2.83. The Balaban J connectivity index is 2.69. The molecule has 14 heteroatoms. The minimum Gasteiger partial charge on any atom is -0.492 e. The molecular formula is C25H35F7N2O5. The zero-order valence-corrected chi connectivity index (χ0v) is 22.0. The summed E-state index contributed by atoms with van der Waals surface area (Å²) in [6, 6.07) is 5.91. The first-order valence-electron chi connectivity index (χ1n) is 12.4. The molecule has 39 heavy (non-hydrogen) atoms. The minimum absolute atomic E-state index is 0.0216. The summed E-state index contributed by atoms with van der Waals surface area (Å²) in [6.45, 7) is 5.67. The van der Waals surface area contributed by atoms with E-state index in [1.54, 1.807) is 31.2 Å². The van der Waals surface area contributed by atoms with Crippen LogP contribution < -0.4 is 10.1 Å². The normalized spacial score (nSPS) is 13.3. The van der Waals surface area contributed by atoms with Crippen LogP contribution in [-0.2, 0) is 16.0 Å². The van der Waals surface area contributed by atoms with E-state index in [1.807, 2.05) is 13.8 Å². The maximum absolute atomic E-state index is 13.5. The molecule has 0 fully saturated rings. The summed E-state index contributed by atoms with van der Waals surface area (Å²) in [5, 5.41) is 11.8. The fourth-order valence-electron chi connectivity index (χ4n) is 3.36. The Bertz CT molecular complexity index is 896. The van der Waals surface area contributed by atoms with Gasteiger partial charge in [-0.2, -0.15) is 30.7 Å². The van der Waals surface area contributed by atoms with Gasteiger partial charge in [0.2, 0.25) is 0 Å². The Hall–Kier alpha value is -2.77. The monoisotopic (exact) mass is 576 g/mol. The van der Waals surface area contributed by atoms with Gasteiger partial charge in [-0.25, -0.2) is 9.59 Å². The van der Waals surface area contributed by atoms with Gasteiger partial charge in [0.1, 0.15) is 12.4 Å². The third-order valence-corrected chi connectivity index (χ3v) is 5.55. The van der Waals surface area contributed by atoms with Crippen LogP contribution in [0.5, 0.6) is 5.75 Å².